The van der Waals surface area contributed by atoms with Crippen molar-refractivity contribution in [3.8, 4) is 0 Å². The molecule has 0 spiro atoms. The van der Waals surface area contributed by atoms with Crippen LogP contribution in [0, 0.1) is 13.8 Å². The first kappa shape index (κ1) is 10.1. The molecule has 1 aromatic carbocycles. The topological polar surface area (TPSA) is 38.1 Å². The lowest BCUT2D eigenvalue weighted by Crippen LogP contribution is -1.85. The van der Waals surface area contributed by atoms with Crippen LogP contribution >= 0.6 is 11.9 Å². The van der Waals surface area contributed by atoms with Crippen LogP contribution in [0.5, 0.6) is 0 Å². The fourth-order valence-corrected chi connectivity index (χ4v) is 1.72. The van der Waals surface area contributed by atoms with Crippen LogP contribution in [0.2, 0.25) is 0 Å². The molecule has 1 heterocycles. The summed E-state index contributed by atoms with van der Waals surface area (Å²) in [5.41, 5.74) is 1.26. The number of hydrogen-bond acceptors (Lipinski definition) is 4. The van der Waals surface area contributed by atoms with E-state index in [1.807, 2.05) is 13.0 Å². The molecule has 2 rings (SSSR count). The van der Waals surface area contributed by atoms with Crippen molar-refractivity contribution in [3.63, 3.8) is 0 Å². The van der Waals surface area contributed by atoms with Gasteiger partial charge in [-0.3, -0.25) is 0 Å². The van der Waals surface area contributed by atoms with Crippen molar-refractivity contribution >= 4 is 17.8 Å². The van der Waals surface area contributed by atoms with E-state index in [4.69, 9.17) is 4.52 Å². The lowest BCUT2D eigenvalue weighted by molar-refractivity contribution is 0.400. The molecule has 0 bridgehead atoms. The second-order valence-corrected chi connectivity index (χ2v) is 4.22. The summed E-state index contributed by atoms with van der Waals surface area (Å²) in [6.07, 6.45) is 0. The Kier molecular flexibility index (Phi) is 2.97. The SMILES string of the molecule is Cc1ccc(SNc2cc(C)on2)cc1. The van der Waals surface area contributed by atoms with Crippen molar-refractivity contribution in [1.29, 1.82) is 0 Å². The molecule has 0 saturated carbocycles. The highest BCUT2D eigenvalue weighted by atomic mass is 32.2. The van der Waals surface area contributed by atoms with Crippen molar-refractivity contribution in [2.45, 2.75) is 18.7 Å². The predicted octanol–water partition coefficient (Wildman–Crippen LogP) is 3.41. The van der Waals surface area contributed by atoms with Gasteiger partial charge in [0.2, 0.25) is 0 Å². The molecule has 15 heavy (non-hydrogen) atoms. The zero-order valence-electron chi connectivity index (χ0n) is 8.65. The molecule has 0 saturated heterocycles. The van der Waals surface area contributed by atoms with Gasteiger partial charge < -0.3 is 9.25 Å². The van der Waals surface area contributed by atoms with Crippen LogP contribution in [0.4, 0.5) is 5.82 Å². The number of anilines is 1. The fraction of sp³-hybridized carbons (Fsp3) is 0.182. The van der Waals surface area contributed by atoms with Gasteiger partial charge in [-0.2, -0.15) is 0 Å². The smallest absolute Gasteiger partial charge is 0.179 e. The van der Waals surface area contributed by atoms with Crippen LogP contribution in [0.1, 0.15) is 11.3 Å². The molecule has 1 aromatic heterocycles. The van der Waals surface area contributed by atoms with Gasteiger partial charge in [-0.1, -0.05) is 22.9 Å². The molecule has 3 nitrogen and oxygen atoms in total. The van der Waals surface area contributed by atoms with Gasteiger partial charge in [0.15, 0.2) is 5.82 Å². The Labute approximate surface area is 93.0 Å². The number of nitrogens with zero attached hydrogens (tertiary/aromatic N) is 1. The van der Waals surface area contributed by atoms with Crippen LogP contribution in [0.3, 0.4) is 0 Å². The molecule has 0 radical (unpaired) electrons. The Morgan fingerprint density at radius 1 is 1.20 bits per heavy atom. The van der Waals surface area contributed by atoms with Crippen molar-refractivity contribution in [1.82, 2.24) is 5.16 Å². The summed E-state index contributed by atoms with van der Waals surface area (Å²) >= 11 is 1.52. The fourth-order valence-electron chi connectivity index (χ4n) is 1.13. The molecule has 1 N–H and O–H groups in total. The van der Waals surface area contributed by atoms with E-state index >= 15 is 0 Å². The minimum absolute atomic E-state index is 0.748. The van der Waals surface area contributed by atoms with E-state index < -0.39 is 0 Å². The molecule has 78 valence electrons. The second kappa shape index (κ2) is 4.40. The van der Waals surface area contributed by atoms with Gasteiger partial charge in [0.1, 0.15) is 5.76 Å². The maximum absolute atomic E-state index is 4.95. The average Bonchev–Trinajstić information content (AvgIpc) is 2.64. The lowest BCUT2D eigenvalue weighted by atomic mass is 10.2. The number of hydrogen-bond donors (Lipinski definition) is 1. The first-order valence-corrected chi connectivity index (χ1v) is 5.48. The molecule has 4 heteroatoms. The van der Waals surface area contributed by atoms with Gasteiger partial charge in [0.05, 0.1) is 0 Å². The van der Waals surface area contributed by atoms with Gasteiger partial charge >= 0.3 is 0 Å². The largest absolute Gasteiger partial charge is 0.360 e. The van der Waals surface area contributed by atoms with Crippen molar-refractivity contribution in [3.05, 3.63) is 41.7 Å². The van der Waals surface area contributed by atoms with E-state index in [2.05, 4.69) is 41.1 Å². The monoisotopic (exact) mass is 220 g/mol. The number of nitrogens with one attached hydrogen (secondary N) is 1. The standard InChI is InChI=1S/C11H12N2OS/c1-8-3-5-10(6-4-8)15-13-11-7-9(2)14-12-11/h3-7H,1-2H3,(H,12,13). The van der Waals surface area contributed by atoms with Gasteiger partial charge in [-0.05, 0) is 37.9 Å². The molecule has 0 aliphatic carbocycles. The van der Waals surface area contributed by atoms with Crippen molar-refractivity contribution < 1.29 is 4.52 Å². The third-order valence-electron chi connectivity index (χ3n) is 1.92. The Bertz CT molecular complexity index is 436. The van der Waals surface area contributed by atoms with E-state index in [0.717, 1.165) is 16.5 Å². The predicted molar refractivity (Wildman–Crippen MR) is 61.9 cm³/mol. The summed E-state index contributed by atoms with van der Waals surface area (Å²) < 4.78 is 8.06. The molecule has 0 fully saturated rings. The van der Waals surface area contributed by atoms with Gasteiger partial charge in [0, 0.05) is 11.0 Å². The average molecular weight is 220 g/mol. The quantitative estimate of drug-likeness (QED) is 0.804. The molecule has 0 amide bonds. The van der Waals surface area contributed by atoms with Gasteiger partial charge in [-0.15, -0.1) is 0 Å². The Morgan fingerprint density at radius 3 is 2.53 bits per heavy atom. The minimum atomic E-state index is 0.748. The molecular formula is C11H12N2OS. The summed E-state index contributed by atoms with van der Waals surface area (Å²) in [4.78, 5) is 1.15. The molecule has 0 aliphatic rings. The normalized spacial score (nSPS) is 10.3. The van der Waals surface area contributed by atoms with Crippen LogP contribution in [-0.2, 0) is 0 Å². The van der Waals surface area contributed by atoms with Gasteiger partial charge in [0.25, 0.3) is 0 Å². The van der Waals surface area contributed by atoms with E-state index in [1.165, 1.54) is 17.5 Å². The third kappa shape index (κ3) is 2.76. The zero-order chi connectivity index (χ0) is 10.7. The van der Waals surface area contributed by atoms with E-state index in [0.29, 0.717) is 0 Å². The highest BCUT2D eigenvalue weighted by molar-refractivity contribution is 8.00. The summed E-state index contributed by atoms with van der Waals surface area (Å²) in [5, 5.41) is 3.84. The maximum Gasteiger partial charge on any atom is 0.179 e. The van der Waals surface area contributed by atoms with Crippen molar-refractivity contribution in [2.75, 3.05) is 4.72 Å². The van der Waals surface area contributed by atoms with E-state index in [-0.39, 0.29) is 0 Å². The number of rotatable bonds is 3. The molecule has 0 atom stereocenters. The number of aromatic nitrogens is 1. The Balaban J connectivity index is 1.96. The number of aryl methyl sites for hydroxylation is 2. The van der Waals surface area contributed by atoms with Crippen LogP contribution < -0.4 is 4.72 Å². The lowest BCUT2D eigenvalue weighted by Gasteiger charge is -2.01. The second-order valence-electron chi connectivity index (χ2n) is 3.34. The minimum Gasteiger partial charge on any atom is -0.360 e. The van der Waals surface area contributed by atoms with Crippen molar-refractivity contribution in [2.24, 2.45) is 0 Å². The first-order valence-electron chi connectivity index (χ1n) is 4.67. The summed E-state index contributed by atoms with van der Waals surface area (Å²) in [6.45, 7) is 3.94. The molecule has 0 unspecified atom stereocenters. The molecule has 2 aromatic rings. The van der Waals surface area contributed by atoms with Crippen LogP contribution in [0.15, 0.2) is 39.8 Å². The summed E-state index contributed by atoms with van der Waals surface area (Å²) in [5.74, 6) is 1.56. The molecular weight excluding hydrogens is 208 g/mol. The van der Waals surface area contributed by atoms with Crippen LogP contribution in [-0.4, -0.2) is 5.16 Å². The Hall–Kier alpha value is -1.42. The summed E-state index contributed by atoms with van der Waals surface area (Å²) in [7, 11) is 0. The highest BCUT2D eigenvalue weighted by Crippen LogP contribution is 2.20. The highest BCUT2D eigenvalue weighted by Gasteiger charge is 1.99. The third-order valence-corrected chi connectivity index (χ3v) is 2.74. The summed E-state index contributed by atoms with van der Waals surface area (Å²) in [6, 6.07) is 10.2. The maximum atomic E-state index is 4.95. The first-order chi connectivity index (χ1) is 7.24. The number of benzene rings is 1. The zero-order valence-corrected chi connectivity index (χ0v) is 9.47. The molecule has 0 aliphatic heterocycles. The van der Waals surface area contributed by atoms with Crippen LogP contribution in [0.25, 0.3) is 0 Å². The Morgan fingerprint density at radius 2 is 1.93 bits per heavy atom. The van der Waals surface area contributed by atoms with E-state index in [1.54, 1.807) is 0 Å². The van der Waals surface area contributed by atoms with Gasteiger partial charge in [-0.25, -0.2) is 0 Å². The van der Waals surface area contributed by atoms with E-state index in [9.17, 15) is 0 Å².